The Morgan fingerprint density at radius 3 is 2.75 bits per heavy atom. The zero-order chi connectivity index (χ0) is 11.4. The minimum atomic E-state index is 0.714. The van der Waals surface area contributed by atoms with Crippen LogP contribution in [0.25, 0.3) is 6.08 Å². The minimum Gasteiger partial charge on any atom is -0.373 e. The van der Waals surface area contributed by atoms with Crippen LogP contribution in [-0.2, 0) is 0 Å². The quantitative estimate of drug-likeness (QED) is 0.831. The van der Waals surface area contributed by atoms with Gasteiger partial charge < -0.3 is 5.32 Å². The van der Waals surface area contributed by atoms with Crippen LogP contribution in [0.5, 0.6) is 0 Å². The van der Waals surface area contributed by atoms with E-state index in [1.165, 1.54) is 37.7 Å². The minimum absolute atomic E-state index is 0.714. The fourth-order valence-electron chi connectivity index (χ4n) is 2.52. The summed E-state index contributed by atoms with van der Waals surface area (Å²) in [7, 11) is 1.90. The molecule has 1 saturated carbocycles. The molecule has 0 radical (unpaired) electrons. The van der Waals surface area contributed by atoms with E-state index in [2.05, 4.69) is 22.9 Å². The lowest BCUT2D eigenvalue weighted by Crippen LogP contribution is -2.06. The van der Waals surface area contributed by atoms with Gasteiger partial charge in [0.1, 0.15) is 5.82 Å². The molecule has 16 heavy (non-hydrogen) atoms. The van der Waals surface area contributed by atoms with E-state index in [-0.39, 0.29) is 0 Å². The molecule has 1 aromatic rings. The average molecular weight is 216 g/mol. The second-order valence-corrected chi connectivity index (χ2v) is 4.50. The summed E-state index contributed by atoms with van der Waals surface area (Å²) in [6.07, 6.45) is 10.7. The highest BCUT2D eigenvalue weighted by Crippen LogP contribution is 2.33. The Bertz CT molecular complexity index is 365. The van der Waals surface area contributed by atoms with Gasteiger partial charge in [-0.05, 0) is 30.4 Å². The Balaban J connectivity index is 2.24. The molecule has 0 bridgehead atoms. The summed E-state index contributed by atoms with van der Waals surface area (Å²) in [5.41, 5.74) is 2.50. The van der Waals surface area contributed by atoms with Crippen LogP contribution in [0.3, 0.4) is 0 Å². The van der Waals surface area contributed by atoms with Gasteiger partial charge in [0.2, 0.25) is 0 Å². The maximum Gasteiger partial charge on any atom is 0.132 e. The average Bonchev–Trinajstić information content (AvgIpc) is 2.39. The third-order valence-electron chi connectivity index (χ3n) is 3.47. The third kappa shape index (κ3) is 2.26. The molecule has 0 aromatic carbocycles. The zero-order valence-corrected chi connectivity index (χ0v) is 10.00. The van der Waals surface area contributed by atoms with Gasteiger partial charge in [0.05, 0.1) is 0 Å². The van der Waals surface area contributed by atoms with Gasteiger partial charge >= 0.3 is 0 Å². The van der Waals surface area contributed by atoms with E-state index in [0.717, 1.165) is 11.4 Å². The van der Waals surface area contributed by atoms with Gasteiger partial charge in [0.15, 0.2) is 0 Å². The Hall–Kier alpha value is -1.31. The maximum absolute atomic E-state index is 4.46. The molecule has 1 heterocycles. The van der Waals surface area contributed by atoms with Crippen LogP contribution in [0.4, 0.5) is 5.82 Å². The van der Waals surface area contributed by atoms with Gasteiger partial charge in [-0.3, -0.25) is 0 Å². The first-order valence-corrected chi connectivity index (χ1v) is 6.15. The Morgan fingerprint density at radius 2 is 2.12 bits per heavy atom. The first-order valence-electron chi connectivity index (χ1n) is 6.15. The van der Waals surface area contributed by atoms with Gasteiger partial charge in [-0.25, -0.2) is 4.98 Å². The summed E-state index contributed by atoms with van der Waals surface area (Å²) in [5.74, 6) is 1.64. The van der Waals surface area contributed by atoms with Crippen LogP contribution in [0, 0.1) is 0 Å². The van der Waals surface area contributed by atoms with Crippen molar-refractivity contribution in [1.29, 1.82) is 0 Å². The first kappa shape index (κ1) is 11.2. The van der Waals surface area contributed by atoms with Crippen molar-refractivity contribution in [2.24, 2.45) is 0 Å². The van der Waals surface area contributed by atoms with Crippen LogP contribution in [-0.4, -0.2) is 12.0 Å². The number of hydrogen-bond donors (Lipinski definition) is 1. The van der Waals surface area contributed by atoms with Crippen LogP contribution in [0.1, 0.15) is 49.1 Å². The summed E-state index contributed by atoms with van der Waals surface area (Å²) in [6.45, 7) is 3.85. The third-order valence-corrected chi connectivity index (χ3v) is 3.47. The van der Waals surface area contributed by atoms with E-state index >= 15 is 0 Å². The monoisotopic (exact) mass is 216 g/mol. The molecule has 86 valence electrons. The van der Waals surface area contributed by atoms with Crippen molar-refractivity contribution in [2.75, 3.05) is 12.4 Å². The number of nitrogens with zero attached hydrogens (tertiary/aromatic N) is 1. The summed E-state index contributed by atoms with van der Waals surface area (Å²) in [4.78, 5) is 4.46. The molecule has 2 nitrogen and oxygen atoms in total. The molecule has 0 saturated heterocycles. The molecule has 0 spiro atoms. The highest BCUT2D eigenvalue weighted by Gasteiger charge is 2.16. The lowest BCUT2D eigenvalue weighted by atomic mass is 9.84. The largest absolute Gasteiger partial charge is 0.373 e. The van der Waals surface area contributed by atoms with E-state index in [4.69, 9.17) is 0 Å². The van der Waals surface area contributed by atoms with Gasteiger partial charge in [-0.15, -0.1) is 0 Å². The standard InChI is InChI=1S/C14H20N2/c1-3-11-9-13(10-16-14(11)15-2)12-7-5-4-6-8-12/h3,9-10,12H,1,4-8H2,2H3,(H,15,16). The van der Waals surface area contributed by atoms with E-state index in [9.17, 15) is 0 Å². The van der Waals surface area contributed by atoms with Crippen molar-refractivity contribution >= 4 is 11.9 Å². The van der Waals surface area contributed by atoms with E-state index in [1.807, 2.05) is 19.3 Å². The molecule has 0 atom stereocenters. The van der Waals surface area contributed by atoms with Gasteiger partial charge in [-0.1, -0.05) is 31.9 Å². The number of anilines is 1. The van der Waals surface area contributed by atoms with Crippen molar-refractivity contribution in [3.8, 4) is 0 Å². The van der Waals surface area contributed by atoms with E-state index in [0.29, 0.717) is 5.92 Å². The fourth-order valence-corrected chi connectivity index (χ4v) is 2.52. The van der Waals surface area contributed by atoms with Crippen molar-refractivity contribution in [3.05, 3.63) is 30.0 Å². The molecule has 2 heteroatoms. The lowest BCUT2D eigenvalue weighted by molar-refractivity contribution is 0.443. The normalized spacial score (nSPS) is 17.1. The second-order valence-electron chi connectivity index (χ2n) is 4.50. The summed E-state index contributed by atoms with van der Waals surface area (Å²) >= 11 is 0. The highest BCUT2D eigenvalue weighted by atomic mass is 15.0. The number of rotatable bonds is 3. The van der Waals surface area contributed by atoms with Gasteiger partial charge in [0.25, 0.3) is 0 Å². The van der Waals surface area contributed by atoms with E-state index in [1.54, 1.807) is 0 Å². The smallest absolute Gasteiger partial charge is 0.132 e. The molecule has 2 rings (SSSR count). The molecular formula is C14H20N2. The molecule has 1 fully saturated rings. The maximum atomic E-state index is 4.46. The zero-order valence-electron chi connectivity index (χ0n) is 10.00. The topological polar surface area (TPSA) is 24.9 Å². The summed E-state index contributed by atoms with van der Waals surface area (Å²) < 4.78 is 0. The van der Waals surface area contributed by atoms with Crippen LogP contribution < -0.4 is 5.32 Å². The van der Waals surface area contributed by atoms with E-state index < -0.39 is 0 Å². The van der Waals surface area contributed by atoms with Crippen molar-refractivity contribution in [2.45, 2.75) is 38.0 Å². The number of pyridine rings is 1. The fraction of sp³-hybridized carbons (Fsp3) is 0.500. The summed E-state index contributed by atoms with van der Waals surface area (Å²) in [5, 5.41) is 3.09. The number of nitrogens with one attached hydrogen (secondary N) is 1. The molecule has 0 unspecified atom stereocenters. The first-order chi connectivity index (χ1) is 7.85. The molecule has 0 aliphatic heterocycles. The van der Waals surface area contributed by atoms with Gasteiger partial charge in [-0.2, -0.15) is 0 Å². The SMILES string of the molecule is C=Cc1cc(C2CCCCC2)cnc1NC. The molecule has 0 amide bonds. The van der Waals surface area contributed by atoms with Crippen molar-refractivity contribution < 1.29 is 0 Å². The second kappa shape index (κ2) is 5.15. The molecular weight excluding hydrogens is 196 g/mol. The van der Waals surface area contributed by atoms with Crippen LogP contribution in [0.2, 0.25) is 0 Å². The van der Waals surface area contributed by atoms with Crippen molar-refractivity contribution in [1.82, 2.24) is 4.98 Å². The van der Waals surface area contributed by atoms with Crippen LogP contribution >= 0.6 is 0 Å². The Morgan fingerprint density at radius 1 is 1.38 bits per heavy atom. The predicted molar refractivity (Wildman–Crippen MR) is 69.7 cm³/mol. The predicted octanol–water partition coefficient (Wildman–Crippen LogP) is 3.81. The molecule has 1 aliphatic carbocycles. The lowest BCUT2D eigenvalue weighted by Gasteiger charge is -2.22. The highest BCUT2D eigenvalue weighted by molar-refractivity contribution is 5.62. The number of aromatic nitrogens is 1. The molecule has 1 aliphatic rings. The summed E-state index contributed by atoms with van der Waals surface area (Å²) in [6, 6.07) is 2.24. The van der Waals surface area contributed by atoms with Crippen LogP contribution in [0.15, 0.2) is 18.8 Å². The Kier molecular flexibility index (Phi) is 3.60. The number of hydrogen-bond acceptors (Lipinski definition) is 2. The van der Waals surface area contributed by atoms with Crippen molar-refractivity contribution in [3.63, 3.8) is 0 Å². The molecule has 1 aromatic heterocycles. The van der Waals surface area contributed by atoms with Gasteiger partial charge in [0, 0.05) is 18.8 Å². The molecule has 1 N–H and O–H groups in total. The Labute approximate surface area is 97.8 Å².